The number of rotatable bonds is 14. The fourth-order valence-electron chi connectivity index (χ4n) is 3.91. The van der Waals surface area contributed by atoms with Crippen LogP contribution in [0.4, 0.5) is 5.69 Å². The van der Waals surface area contributed by atoms with Gasteiger partial charge in [-0.2, -0.15) is 11.8 Å². The Kier molecular flexibility index (Phi) is 11.1. The minimum Gasteiger partial charge on any atom is -0.480 e. The number of thioether (sulfide) groups is 1. The zero-order valence-electron chi connectivity index (χ0n) is 21.2. The molecule has 3 aromatic rings. The number of nitrogens with zero attached hydrogens (tertiary/aromatic N) is 1. The largest absolute Gasteiger partial charge is 0.480 e. The minimum atomic E-state index is -1.22. The van der Waals surface area contributed by atoms with Crippen LogP contribution in [0, 0.1) is 0 Å². The monoisotopic (exact) mass is 549 g/mol. The molecule has 3 aromatic carbocycles. The Hall–Kier alpha value is -4.15. The van der Waals surface area contributed by atoms with E-state index >= 15 is 0 Å². The second kappa shape index (κ2) is 14.7. The molecule has 0 saturated heterocycles. The molecule has 0 aromatic heterocycles. The van der Waals surface area contributed by atoms with Crippen molar-refractivity contribution >= 4 is 41.2 Å². The number of para-hydroxylation sites is 1. The zero-order valence-corrected chi connectivity index (χ0v) is 22.0. The van der Waals surface area contributed by atoms with Gasteiger partial charge in [0.25, 0.3) is 5.91 Å². The molecule has 0 radical (unpaired) electrons. The number of hydrogen-bond acceptors (Lipinski definition) is 6. The summed E-state index contributed by atoms with van der Waals surface area (Å²) in [6.07, 6.45) is -0.291. The Bertz CT molecular complexity index is 1270. The predicted molar refractivity (Wildman–Crippen MR) is 151 cm³/mol. The molecule has 204 valence electrons. The van der Waals surface area contributed by atoms with Crippen LogP contribution >= 0.6 is 11.8 Å². The van der Waals surface area contributed by atoms with Gasteiger partial charge in [0.15, 0.2) is 0 Å². The Balaban J connectivity index is 1.79. The van der Waals surface area contributed by atoms with E-state index in [0.717, 1.165) is 21.6 Å². The standard InChI is InChI=1S/C29H31N3O6S/c30-24(29(37)38)15-16-26(33)31-25(28(36)32(17-27(34)35)22-12-5-2-6-13-22)19-39-18-21-11-7-8-14-23(21)20-9-3-1-4-10-20/h1-14,24-25H,15-19,30H2,(H,31,33)(H,34,35)(H,37,38)/t24?,25-/m0/s1. The van der Waals surface area contributed by atoms with Gasteiger partial charge in [-0.1, -0.05) is 72.8 Å². The maximum absolute atomic E-state index is 13.6. The highest BCUT2D eigenvalue weighted by atomic mass is 32.2. The molecule has 0 aliphatic carbocycles. The van der Waals surface area contributed by atoms with Crippen LogP contribution in [0.3, 0.4) is 0 Å². The van der Waals surface area contributed by atoms with Gasteiger partial charge < -0.3 is 21.3 Å². The van der Waals surface area contributed by atoms with Crippen molar-refractivity contribution in [3.05, 3.63) is 90.5 Å². The van der Waals surface area contributed by atoms with Gasteiger partial charge >= 0.3 is 11.9 Å². The maximum Gasteiger partial charge on any atom is 0.323 e. The Morgan fingerprint density at radius 2 is 1.49 bits per heavy atom. The molecular formula is C29H31N3O6S. The van der Waals surface area contributed by atoms with Crippen molar-refractivity contribution in [1.82, 2.24) is 5.32 Å². The van der Waals surface area contributed by atoms with Gasteiger partial charge in [0.1, 0.15) is 18.6 Å². The normalized spacial score (nSPS) is 12.2. The summed E-state index contributed by atoms with van der Waals surface area (Å²) in [6.45, 7) is -0.583. The van der Waals surface area contributed by atoms with Crippen LogP contribution in [-0.4, -0.2) is 58.3 Å². The van der Waals surface area contributed by atoms with Crippen LogP contribution in [0.5, 0.6) is 0 Å². The minimum absolute atomic E-state index is 0.100. The first kappa shape index (κ1) is 29.4. The SMILES string of the molecule is NC(CCC(=O)N[C@@H](CSCc1ccccc1-c1ccccc1)C(=O)N(CC(=O)O)c1ccccc1)C(=O)O. The molecule has 2 amide bonds. The van der Waals surface area contributed by atoms with Gasteiger partial charge in [0, 0.05) is 23.6 Å². The second-order valence-corrected chi connectivity index (χ2v) is 9.83. The van der Waals surface area contributed by atoms with Crippen molar-refractivity contribution in [1.29, 1.82) is 0 Å². The number of carboxylic acids is 2. The van der Waals surface area contributed by atoms with E-state index in [1.165, 1.54) is 11.8 Å². The van der Waals surface area contributed by atoms with Crippen molar-refractivity contribution in [3.8, 4) is 11.1 Å². The first-order valence-electron chi connectivity index (χ1n) is 12.3. The summed E-state index contributed by atoms with van der Waals surface area (Å²) in [4.78, 5) is 50.0. The van der Waals surface area contributed by atoms with Crippen molar-refractivity contribution < 1.29 is 29.4 Å². The smallest absolute Gasteiger partial charge is 0.323 e. The number of nitrogens with two attached hydrogens (primary N) is 1. The molecule has 0 fully saturated rings. The van der Waals surface area contributed by atoms with Crippen LogP contribution < -0.4 is 16.0 Å². The highest BCUT2D eigenvalue weighted by Crippen LogP contribution is 2.27. The lowest BCUT2D eigenvalue weighted by Gasteiger charge is -2.27. The van der Waals surface area contributed by atoms with Crippen molar-refractivity contribution in [2.75, 3.05) is 17.2 Å². The third kappa shape index (κ3) is 8.98. The topological polar surface area (TPSA) is 150 Å². The molecule has 0 bridgehead atoms. The van der Waals surface area contributed by atoms with Crippen molar-refractivity contribution in [2.24, 2.45) is 5.73 Å². The highest BCUT2D eigenvalue weighted by molar-refractivity contribution is 7.98. The predicted octanol–water partition coefficient (Wildman–Crippen LogP) is 3.38. The van der Waals surface area contributed by atoms with Gasteiger partial charge in [-0.15, -0.1) is 0 Å². The Morgan fingerprint density at radius 3 is 2.13 bits per heavy atom. The number of anilines is 1. The van der Waals surface area contributed by atoms with Gasteiger partial charge in [0.2, 0.25) is 5.91 Å². The van der Waals surface area contributed by atoms with Crippen LogP contribution in [0.15, 0.2) is 84.9 Å². The molecule has 0 aliphatic heterocycles. The summed E-state index contributed by atoms with van der Waals surface area (Å²) in [5, 5.41) is 21.1. The van der Waals surface area contributed by atoms with Gasteiger partial charge in [-0.3, -0.25) is 24.1 Å². The molecule has 39 heavy (non-hydrogen) atoms. The molecule has 10 heteroatoms. The Morgan fingerprint density at radius 1 is 0.872 bits per heavy atom. The van der Waals surface area contributed by atoms with Crippen LogP contribution in [0.25, 0.3) is 11.1 Å². The van der Waals surface area contributed by atoms with Crippen LogP contribution in [-0.2, 0) is 24.9 Å². The molecule has 5 N–H and O–H groups in total. The van der Waals surface area contributed by atoms with Crippen molar-refractivity contribution in [3.63, 3.8) is 0 Å². The Labute approximate surface area is 231 Å². The molecule has 0 spiro atoms. The lowest BCUT2D eigenvalue weighted by atomic mass is 10.0. The summed E-state index contributed by atoms with van der Waals surface area (Å²) in [7, 11) is 0. The quantitative estimate of drug-likeness (QED) is 0.239. The first-order chi connectivity index (χ1) is 18.8. The van der Waals surface area contributed by atoms with E-state index in [1.807, 2.05) is 54.6 Å². The number of aliphatic carboxylic acids is 2. The first-order valence-corrected chi connectivity index (χ1v) is 13.5. The number of carbonyl (C=O) groups excluding carboxylic acids is 2. The zero-order chi connectivity index (χ0) is 28.2. The number of benzene rings is 3. The summed E-state index contributed by atoms with van der Waals surface area (Å²) < 4.78 is 0. The summed E-state index contributed by atoms with van der Waals surface area (Å²) in [5.41, 5.74) is 9.06. The fraction of sp³-hybridized carbons (Fsp3) is 0.241. The number of hydrogen-bond donors (Lipinski definition) is 4. The average molecular weight is 550 g/mol. The van der Waals surface area contributed by atoms with E-state index in [2.05, 4.69) is 5.32 Å². The van der Waals surface area contributed by atoms with E-state index in [9.17, 15) is 24.3 Å². The maximum atomic E-state index is 13.6. The molecule has 0 heterocycles. The lowest BCUT2D eigenvalue weighted by Crippen LogP contribution is -2.51. The molecule has 0 aliphatic rings. The van der Waals surface area contributed by atoms with Crippen molar-refractivity contribution in [2.45, 2.75) is 30.7 Å². The highest BCUT2D eigenvalue weighted by Gasteiger charge is 2.29. The third-order valence-corrected chi connectivity index (χ3v) is 6.99. The van der Waals surface area contributed by atoms with Crippen LogP contribution in [0.1, 0.15) is 18.4 Å². The van der Waals surface area contributed by atoms with Gasteiger partial charge in [-0.05, 0) is 35.2 Å². The summed E-state index contributed by atoms with van der Waals surface area (Å²) in [5.74, 6) is -2.84. The molecule has 2 atom stereocenters. The molecule has 3 rings (SSSR count). The van der Waals surface area contributed by atoms with Gasteiger partial charge in [-0.25, -0.2) is 0 Å². The molecule has 0 saturated carbocycles. The molecule has 9 nitrogen and oxygen atoms in total. The number of carboxylic acid groups (broad SMARTS) is 2. The molecular weight excluding hydrogens is 518 g/mol. The number of carbonyl (C=O) groups is 4. The third-order valence-electron chi connectivity index (χ3n) is 5.90. The lowest BCUT2D eigenvalue weighted by molar-refractivity contribution is -0.139. The number of nitrogens with one attached hydrogen (secondary N) is 1. The summed E-state index contributed by atoms with van der Waals surface area (Å²) >= 11 is 1.43. The van der Waals surface area contributed by atoms with E-state index in [0.29, 0.717) is 11.4 Å². The molecule has 1 unspecified atom stereocenters. The van der Waals surface area contributed by atoms with E-state index in [4.69, 9.17) is 10.8 Å². The average Bonchev–Trinajstić information content (AvgIpc) is 2.94. The second-order valence-electron chi connectivity index (χ2n) is 8.80. The van der Waals surface area contributed by atoms with E-state index in [1.54, 1.807) is 30.3 Å². The summed E-state index contributed by atoms with van der Waals surface area (Å²) in [6, 6.07) is 23.9. The van der Waals surface area contributed by atoms with Gasteiger partial charge in [0.05, 0.1) is 0 Å². The van der Waals surface area contributed by atoms with E-state index in [-0.39, 0.29) is 18.6 Å². The van der Waals surface area contributed by atoms with Crippen LogP contribution in [0.2, 0.25) is 0 Å². The fourth-order valence-corrected chi connectivity index (χ4v) is 4.96. The van der Waals surface area contributed by atoms with E-state index < -0.39 is 42.4 Å². The number of amides is 2.